The van der Waals surface area contributed by atoms with Gasteiger partial charge in [0.2, 0.25) is 6.20 Å². The van der Waals surface area contributed by atoms with Crippen molar-refractivity contribution in [3.63, 3.8) is 0 Å². The van der Waals surface area contributed by atoms with E-state index in [0.29, 0.717) is 5.92 Å². The fourth-order valence-electron chi connectivity index (χ4n) is 2.61. The van der Waals surface area contributed by atoms with Crippen molar-refractivity contribution in [2.24, 2.45) is 0 Å². The number of benzene rings is 1. The van der Waals surface area contributed by atoms with Crippen LogP contribution >= 0.6 is 0 Å². The van der Waals surface area contributed by atoms with Gasteiger partial charge >= 0.3 is 0 Å². The van der Waals surface area contributed by atoms with E-state index in [1.165, 1.54) is 16.5 Å². The van der Waals surface area contributed by atoms with E-state index < -0.39 is 0 Å². The molecule has 2 N–H and O–H groups in total. The van der Waals surface area contributed by atoms with Crippen LogP contribution in [-0.4, -0.2) is 15.1 Å². The second kappa shape index (κ2) is 5.02. The third-order valence-corrected chi connectivity index (χ3v) is 4.00. The second-order valence-electron chi connectivity index (χ2n) is 6.85. The summed E-state index contributed by atoms with van der Waals surface area (Å²) in [5, 5.41) is 4.73. The molecule has 0 aliphatic heterocycles. The maximum atomic E-state index is 4.09. The summed E-state index contributed by atoms with van der Waals surface area (Å²) in [6, 6.07) is 6.68. The topological polar surface area (TPSA) is 48.4 Å². The Morgan fingerprint density at radius 3 is 2.76 bits per heavy atom. The Morgan fingerprint density at radius 1 is 1.29 bits per heavy atom. The number of hydrogen-bond donors (Lipinski definition) is 2. The van der Waals surface area contributed by atoms with Crippen LogP contribution in [0.4, 0.5) is 0 Å². The number of H-pyrrole nitrogens is 2. The number of fused-ring (bicyclic) bond motifs is 1. The number of imidazole rings is 1. The molecule has 2 aromatic heterocycles. The molecule has 4 nitrogen and oxygen atoms in total. The molecule has 0 spiro atoms. The first-order chi connectivity index (χ1) is 9.93. The maximum Gasteiger partial charge on any atom is 0.203 e. The summed E-state index contributed by atoms with van der Waals surface area (Å²) < 4.78 is 2.16. The van der Waals surface area contributed by atoms with Crippen molar-refractivity contribution < 1.29 is 4.68 Å². The Labute approximate surface area is 125 Å². The molecule has 0 saturated heterocycles. The van der Waals surface area contributed by atoms with Crippen molar-refractivity contribution in [3.05, 3.63) is 48.2 Å². The van der Waals surface area contributed by atoms with Crippen LogP contribution in [0.2, 0.25) is 0 Å². The van der Waals surface area contributed by atoms with Gasteiger partial charge in [0.25, 0.3) is 0 Å². The molecule has 3 rings (SSSR count). The van der Waals surface area contributed by atoms with Gasteiger partial charge in [0, 0.05) is 11.9 Å². The molecule has 21 heavy (non-hydrogen) atoms. The number of aromatic amines is 2. The van der Waals surface area contributed by atoms with Crippen molar-refractivity contribution in [1.82, 2.24) is 15.1 Å². The molecule has 1 unspecified atom stereocenters. The Hall–Kier alpha value is -2.10. The van der Waals surface area contributed by atoms with Gasteiger partial charge in [0.15, 0.2) is 6.54 Å². The van der Waals surface area contributed by atoms with Gasteiger partial charge in [-0.25, -0.2) is 4.98 Å². The van der Waals surface area contributed by atoms with Crippen LogP contribution in [0.25, 0.3) is 10.9 Å². The Morgan fingerprint density at radius 2 is 2.10 bits per heavy atom. The molecule has 0 aliphatic rings. The summed E-state index contributed by atoms with van der Waals surface area (Å²) in [6.07, 6.45) is 5.80. The highest BCUT2D eigenvalue weighted by molar-refractivity contribution is 5.77. The third-order valence-electron chi connectivity index (χ3n) is 4.00. The molecule has 0 amide bonds. The normalized spacial score (nSPS) is 13.7. The zero-order chi connectivity index (χ0) is 15.0. The van der Waals surface area contributed by atoms with E-state index in [1.807, 2.05) is 6.20 Å². The lowest BCUT2D eigenvalue weighted by atomic mass is 9.87. The fraction of sp³-hybridized carbons (Fsp3) is 0.412. The van der Waals surface area contributed by atoms with Crippen molar-refractivity contribution in [1.29, 1.82) is 0 Å². The van der Waals surface area contributed by atoms with Crippen LogP contribution in [0.5, 0.6) is 0 Å². The first-order valence-electron chi connectivity index (χ1n) is 7.44. The molecule has 1 aromatic carbocycles. The predicted octanol–water partition coefficient (Wildman–Crippen LogP) is 3.28. The molecule has 3 aromatic rings. The predicted molar refractivity (Wildman–Crippen MR) is 84.2 cm³/mol. The Kier molecular flexibility index (Phi) is 3.32. The fourth-order valence-corrected chi connectivity index (χ4v) is 2.61. The molecule has 0 fully saturated rings. The molecular formula is C17H23N4+. The van der Waals surface area contributed by atoms with Crippen molar-refractivity contribution in [2.75, 3.05) is 0 Å². The molecule has 0 bridgehead atoms. The average Bonchev–Trinajstić information content (AvgIpc) is 3.05. The highest BCUT2D eigenvalue weighted by Gasteiger charge is 2.18. The van der Waals surface area contributed by atoms with Gasteiger partial charge in [-0.05, 0) is 23.1 Å². The molecule has 0 aliphatic carbocycles. The van der Waals surface area contributed by atoms with Gasteiger partial charge in [-0.3, -0.25) is 0 Å². The maximum absolute atomic E-state index is 4.09. The number of nitrogens with one attached hydrogen (secondary N) is 2. The van der Waals surface area contributed by atoms with E-state index in [0.717, 1.165) is 12.2 Å². The minimum atomic E-state index is 0.174. The summed E-state index contributed by atoms with van der Waals surface area (Å²) in [5.74, 6) is 0.396. The highest BCUT2D eigenvalue weighted by Crippen LogP contribution is 2.24. The Balaban J connectivity index is 1.87. The minimum absolute atomic E-state index is 0.174. The van der Waals surface area contributed by atoms with Crippen molar-refractivity contribution in [2.45, 2.75) is 45.6 Å². The molecule has 110 valence electrons. The zero-order valence-electron chi connectivity index (χ0n) is 13.1. The number of aromatic nitrogens is 4. The standard InChI is InChI=1S/C17H22N4/c1-12(16-8-18-11-19-16)9-21-10-13-5-6-14(17(2,3)4)7-15(13)20-21/h5-8,10-12H,9H2,1-4H3,(H,18,19)/p+1. The summed E-state index contributed by atoms with van der Waals surface area (Å²) >= 11 is 0. The van der Waals surface area contributed by atoms with Gasteiger partial charge in [0.1, 0.15) is 5.52 Å². The van der Waals surface area contributed by atoms with E-state index in [9.17, 15) is 0 Å². The first kappa shape index (κ1) is 13.9. The van der Waals surface area contributed by atoms with Crippen LogP contribution in [0.1, 0.15) is 44.9 Å². The van der Waals surface area contributed by atoms with Gasteiger partial charge in [0.05, 0.1) is 17.6 Å². The molecule has 0 saturated carbocycles. The van der Waals surface area contributed by atoms with Gasteiger partial charge in [-0.15, -0.1) is 4.68 Å². The first-order valence-corrected chi connectivity index (χ1v) is 7.44. The van der Waals surface area contributed by atoms with E-state index in [-0.39, 0.29) is 5.41 Å². The quantitative estimate of drug-likeness (QED) is 0.712. The highest BCUT2D eigenvalue weighted by atomic mass is 15.3. The van der Waals surface area contributed by atoms with Crippen molar-refractivity contribution >= 4 is 10.9 Å². The lowest BCUT2D eigenvalue weighted by Crippen LogP contribution is -2.37. The largest absolute Gasteiger partial charge is 0.348 e. The second-order valence-corrected chi connectivity index (χ2v) is 6.85. The summed E-state index contributed by atoms with van der Waals surface area (Å²) in [5.41, 5.74) is 3.88. The number of rotatable bonds is 3. The van der Waals surface area contributed by atoms with Gasteiger partial charge < -0.3 is 4.98 Å². The van der Waals surface area contributed by atoms with E-state index in [2.05, 4.69) is 71.8 Å². The SMILES string of the molecule is CC(C[n+]1cc2ccc(C(C)(C)C)cc2[nH]1)c1cnc[nH]1. The molecule has 2 heterocycles. The van der Waals surface area contributed by atoms with Crippen LogP contribution in [-0.2, 0) is 12.0 Å². The number of hydrogen-bond acceptors (Lipinski definition) is 1. The molecule has 4 heteroatoms. The van der Waals surface area contributed by atoms with E-state index in [1.54, 1.807) is 6.33 Å². The third kappa shape index (κ3) is 2.84. The van der Waals surface area contributed by atoms with Gasteiger partial charge in [-0.2, -0.15) is 5.10 Å². The van der Waals surface area contributed by atoms with Crippen LogP contribution in [0, 0.1) is 0 Å². The Bertz CT molecular complexity index is 732. The van der Waals surface area contributed by atoms with Gasteiger partial charge in [-0.1, -0.05) is 33.8 Å². The van der Waals surface area contributed by atoms with E-state index >= 15 is 0 Å². The molecular weight excluding hydrogens is 260 g/mol. The summed E-state index contributed by atoms with van der Waals surface area (Å²) in [7, 11) is 0. The smallest absolute Gasteiger partial charge is 0.203 e. The zero-order valence-corrected chi connectivity index (χ0v) is 13.1. The number of nitrogens with zero attached hydrogens (tertiary/aromatic N) is 2. The van der Waals surface area contributed by atoms with Crippen LogP contribution < -0.4 is 4.68 Å². The van der Waals surface area contributed by atoms with E-state index in [4.69, 9.17) is 0 Å². The molecule has 1 atom stereocenters. The average molecular weight is 283 g/mol. The van der Waals surface area contributed by atoms with Crippen LogP contribution in [0.3, 0.4) is 0 Å². The monoisotopic (exact) mass is 283 g/mol. The van der Waals surface area contributed by atoms with Crippen LogP contribution in [0.15, 0.2) is 36.9 Å². The summed E-state index contributed by atoms with van der Waals surface area (Å²) in [6.45, 7) is 9.83. The molecule has 0 radical (unpaired) electrons. The minimum Gasteiger partial charge on any atom is -0.348 e. The summed E-state index contributed by atoms with van der Waals surface area (Å²) in [4.78, 5) is 7.27. The lowest BCUT2D eigenvalue weighted by Gasteiger charge is -2.18. The van der Waals surface area contributed by atoms with Crippen molar-refractivity contribution in [3.8, 4) is 0 Å². The lowest BCUT2D eigenvalue weighted by molar-refractivity contribution is -0.750.